The number of rotatable bonds is 3. The van der Waals surface area contributed by atoms with Gasteiger partial charge in [0.05, 0.1) is 5.37 Å². The molecule has 64 valence electrons. The minimum absolute atomic E-state index is 0.755. The van der Waals surface area contributed by atoms with E-state index in [1.165, 1.54) is 38.1 Å². The van der Waals surface area contributed by atoms with E-state index >= 15 is 0 Å². The van der Waals surface area contributed by atoms with Gasteiger partial charge in [-0.25, -0.2) is 0 Å². The number of hydrogen-bond donors (Lipinski definition) is 2. The van der Waals surface area contributed by atoms with Crippen molar-refractivity contribution in [2.24, 2.45) is 0 Å². The van der Waals surface area contributed by atoms with E-state index in [1.54, 1.807) is 0 Å². The second-order valence-electron chi connectivity index (χ2n) is 3.38. The zero-order valence-corrected chi connectivity index (χ0v) is 7.62. The van der Waals surface area contributed by atoms with Crippen molar-refractivity contribution >= 4 is 11.8 Å². The summed E-state index contributed by atoms with van der Waals surface area (Å²) in [5.74, 6) is 1.33. The van der Waals surface area contributed by atoms with E-state index in [-0.39, 0.29) is 0 Å². The predicted molar refractivity (Wildman–Crippen MR) is 49.9 cm³/mol. The van der Waals surface area contributed by atoms with Crippen LogP contribution >= 0.6 is 11.8 Å². The van der Waals surface area contributed by atoms with Crippen molar-refractivity contribution in [3.8, 4) is 0 Å². The van der Waals surface area contributed by atoms with Gasteiger partial charge in [-0.3, -0.25) is 0 Å². The Morgan fingerprint density at radius 2 is 2.36 bits per heavy atom. The van der Waals surface area contributed by atoms with E-state index in [9.17, 15) is 0 Å². The monoisotopic (exact) mass is 172 g/mol. The highest BCUT2D eigenvalue weighted by atomic mass is 32.2. The summed E-state index contributed by atoms with van der Waals surface area (Å²) in [6.07, 6.45) is 4.15. The fraction of sp³-hybridized carbons (Fsp3) is 1.00. The molecule has 0 spiro atoms. The van der Waals surface area contributed by atoms with Gasteiger partial charge in [0.25, 0.3) is 0 Å². The van der Waals surface area contributed by atoms with Crippen molar-refractivity contribution in [3.05, 3.63) is 0 Å². The molecular formula is C8H16N2S. The first-order chi connectivity index (χ1) is 5.45. The third-order valence-corrected chi connectivity index (χ3v) is 3.17. The molecule has 2 unspecified atom stereocenters. The van der Waals surface area contributed by atoms with Crippen molar-refractivity contribution < 1.29 is 0 Å². The number of thioether (sulfide) groups is 1. The molecule has 2 aliphatic rings. The van der Waals surface area contributed by atoms with Crippen molar-refractivity contribution in [3.63, 3.8) is 0 Å². The van der Waals surface area contributed by atoms with Crippen molar-refractivity contribution in [1.82, 2.24) is 10.6 Å². The average Bonchev–Trinajstić information content (AvgIpc) is 2.86. The Labute approximate surface area is 72.5 Å². The molecule has 2 heterocycles. The zero-order chi connectivity index (χ0) is 7.52. The smallest absolute Gasteiger partial charge is 0.0625 e. The van der Waals surface area contributed by atoms with Gasteiger partial charge in [0, 0.05) is 18.3 Å². The molecule has 0 aromatic carbocycles. The summed E-state index contributed by atoms with van der Waals surface area (Å²) in [5, 5.41) is 7.85. The third kappa shape index (κ3) is 2.65. The van der Waals surface area contributed by atoms with Crippen LogP contribution in [0.4, 0.5) is 0 Å². The summed E-state index contributed by atoms with van der Waals surface area (Å²) in [7, 11) is 0. The molecule has 2 atom stereocenters. The SMILES string of the molecule is C1CCC(CNC2CS2)NC1. The standard InChI is InChI=1S/C8H16N2S/c1-2-4-9-7(3-1)5-10-8-6-11-8/h7-10H,1-6H2. The van der Waals surface area contributed by atoms with Crippen LogP contribution in [0.2, 0.25) is 0 Å². The Kier molecular flexibility index (Phi) is 2.72. The molecule has 0 saturated carbocycles. The molecule has 2 aliphatic heterocycles. The van der Waals surface area contributed by atoms with Crippen LogP contribution in [0.25, 0.3) is 0 Å². The topological polar surface area (TPSA) is 24.1 Å². The molecule has 0 aromatic rings. The lowest BCUT2D eigenvalue weighted by Gasteiger charge is -2.23. The lowest BCUT2D eigenvalue weighted by molar-refractivity contribution is 0.386. The van der Waals surface area contributed by atoms with E-state index in [1.807, 2.05) is 11.8 Å². The second-order valence-corrected chi connectivity index (χ2v) is 4.61. The third-order valence-electron chi connectivity index (χ3n) is 2.34. The summed E-state index contributed by atoms with van der Waals surface area (Å²) in [6.45, 7) is 2.40. The van der Waals surface area contributed by atoms with Crippen LogP contribution in [0.5, 0.6) is 0 Å². The second kappa shape index (κ2) is 3.78. The fourth-order valence-electron chi connectivity index (χ4n) is 1.54. The van der Waals surface area contributed by atoms with Gasteiger partial charge in [-0.15, -0.1) is 11.8 Å². The average molecular weight is 172 g/mol. The van der Waals surface area contributed by atoms with Crippen molar-refractivity contribution in [2.45, 2.75) is 30.7 Å². The van der Waals surface area contributed by atoms with Crippen LogP contribution in [0.3, 0.4) is 0 Å². The Bertz CT molecular complexity index is 119. The van der Waals surface area contributed by atoms with Crippen LogP contribution in [-0.2, 0) is 0 Å². The first-order valence-electron chi connectivity index (χ1n) is 4.53. The number of nitrogens with one attached hydrogen (secondary N) is 2. The van der Waals surface area contributed by atoms with Gasteiger partial charge in [-0.2, -0.15) is 0 Å². The molecule has 0 aliphatic carbocycles. The number of hydrogen-bond acceptors (Lipinski definition) is 3. The predicted octanol–water partition coefficient (Wildman–Crippen LogP) is 0.791. The Morgan fingerprint density at radius 1 is 1.45 bits per heavy atom. The Hall–Kier alpha value is 0.270. The molecule has 0 amide bonds. The molecular weight excluding hydrogens is 156 g/mol. The van der Waals surface area contributed by atoms with Crippen LogP contribution in [0.1, 0.15) is 19.3 Å². The maximum absolute atomic E-state index is 3.53. The minimum Gasteiger partial charge on any atom is -0.313 e. The molecule has 2 rings (SSSR count). The molecule has 0 aromatic heterocycles. The van der Waals surface area contributed by atoms with Crippen LogP contribution in [-0.4, -0.2) is 30.3 Å². The lowest BCUT2D eigenvalue weighted by Crippen LogP contribution is -2.42. The first-order valence-corrected chi connectivity index (χ1v) is 5.58. The molecule has 3 heteroatoms. The van der Waals surface area contributed by atoms with E-state index < -0.39 is 0 Å². The first kappa shape index (κ1) is 7.90. The maximum Gasteiger partial charge on any atom is 0.0625 e. The normalized spacial score (nSPS) is 37.1. The van der Waals surface area contributed by atoms with E-state index in [0.717, 1.165) is 11.4 Å². The highest BCUT2D eigenvalue weighted by molar-refractivity contribution is 8.06. The van der Waals surface area contributed by atoms with Gasteiger partial charge in [0.1, 0.15) is 0 Å². The van der Waals surface area contributed by atoms with Gasteiger partial charge in [-0.05, 0) is 19.4 Å². The fourth-order valence-corrected chi connectivity index (χ4v) is 1.97. The van der Waals surface area contributed by atoms with Crippen molar-refractivity contribution in [2.75, 3.05) is 18.8 Å². The van der Waals surface area contributed by atoms with Crippen LogP contribution in [0, 0.1) is 0 Å². The molecule has 0 bridgehead atoms. The highest BCUT2D eigenvalue weighted by Gasteiger charge is 2.23. The highest BCUT2D eigenvalue weighted by Crippen LogP contribution is 2.26. The van der Waals surface area contributed by atoms with Crippen LogP contribution in [0.15, 0.2) is 0 Å². The van der Waals surface area contributed by atoms with Gasteiger partial charge < -0.3 is 10.6 Å². The Morgan fingerprint density at radius 3 is 3.00 bits per heavy atom. The number of piperidine rings is 1. The largest absolute Gasteiger partial charge is 0.313 e. The van der Waals surface area contributed by atoms with E-state index in [2.05, 4.69) is 10.6 Å². The summed E-state index contributed by atoms with van der Waals surface area (Å²) in [4.78, 5) is 0. The lowest BCUT2D eigenvalue weighted by atomic mass is 10.1. The van der Waals surface area contributed by atoms with Crippen molar-refractivity contribution in [1.29, 1.82) is 0 Å². The summed E-state index contributed by atoms with van der Waals surface area (Å²) >= 11 is 2.02. The van der Waals surface area contributed by atoms with Gasteiger partial charge >= 0.3 is 0 Å². The summed E-state index contributed by atoms with van der Waals surface area (Å²) in [6, 6.07) is 0.755. The molecule has 11 heavy (non-hydrogen) atoms. The quantitative estimate of drug-likeness (QED) is 0.616. The molecule has 0 radical (unpaired) electrons. The van der Waals surface area contributed by atoms with Gasteiger partial charge in [-0.1, -0.05) is 6.42 Å². The van der Waals surface area contributed by atoms with Gasteiger partial charge in [0.15, 0.2) is 0 Å². The maximum atomic E-state index is 3.53. The molecule has 2 saturated heterocycles. The summed E-state index contributed by atoms with van der Waals surface area (Å²) in [5.41, 5.74) is 0. The minimum atomic E-state index is 0.755. The zero-order valence-electron chi connectivity index (χ0n) is 6.81. The molecule has 2 fully saturated rings. The van der Waals surface area contributed by atoms with E-state index in [4.69, 9.17) is 0 Å². The van der Waals surface area contributed by atoms with Crippen LogP contribution < -0.4 is 10.6 Å². The summed E-state index contributed by atoms with van der Waals surface area (Å²) < 4.78 is 0. The van der Waals surface area contributed by atoms with E-state index in [0.29, 0.717) is 0 Å². The molecule has 2 nitrogen and oxygen atoms in total. The van der Waals surface area contributed by atoms with Gasteiger partial charge in [0.2, 0.25) is 0 Å². The molecule has 2 N–H and O–H groups in total. The Balaban J connectivity index is 1.59.